The fraction of sp³-hybridized carbons (Fsp3) is 0.794. The molecule has 1 unspecified atom stereocenters. The van der Waals surface area contributed by atoms with Crippen LogP contribution in [-0.4, -0.2) is 103 Å². The van der Waals surface area contributed by atoms with Crippen LogP contribution in [0.2, 0.25) is 0 Å². The van der Waals surface area contributed by atoms with Gasteiger partial charge in [0.25, 0.3) is 5.91 Å². The van der Waals surface area contributed by atoms with Crippen molar-refractivity contribution in [3.8, 4) is 0 Å². The fourth-order valence-corrected chi connectivity index (χ4v) is 7.76. The minimum absolute atomic E-state index is 0.0259. The second-order valence-corrected chi connectivity index (χ2v) is 17.7. The van der Waals surface area contributed by atoms with Crippen molar-refractivity contribution in [1.29, 1.82) is 0 Å². The lowest BCUT2D eigenvalue weighted by molar-refractivity contribution is -0.144. The summed E-state index contributed by atoms with van der Waals surface area (Å²) in [6.07, 6.45) is 4.17. The smallest absolute Gasteiger partial charge is 0.315 e. The average Bonchev–Trinajstić information content (AvgIpc) is 3.57. The van der Waals surface area contributed by atoms with Gasteiger partial charge in [0.15, 0.2) is 0 Å². The number of hydrogen-bond acceptors (Lipinski definition) is 7. The van der Waals surface area contributed by atoms with Crippen molar-refractivity contribution in [2.45, 2.75) is 119 Å². The summed E-state index contributed by atoms with van der Waals surface area (Å²) in [7, 11) is -3.39. The molecule has 0 aliphatic carbocycles. The standard InChI is InChI=1S/C34H60N6O7S/c1-11-13-15-24(27(41)30(43)35-17-12-2)36-29(42)26-23(22(3)4)16-19-40(26)31(44)28(34(8,9)10)38-32(45)37-25(33(5,6)7)21-39-18-14-20-48(39,46)47/h12,22-26,28H,2,11,13-21H2,1,3-10H3,(H,35,43)(H,36,42)(H2,37,38,45)/t23-,24?,25-,26+,28-/m1/s1. The number of nitrogens with zero attached hydrogens (tertiary/aromatic N) is 2. The van der Waals surface area contributed by atoms with Gasteiger partial charge >= 0.3 is 6.03 Å². The number of carbonyl (C=O) groups is 5. The Morgan fingerprint density at radius 2 is 1.60 bits per heavy atom. The van der Waals surface area contributed by atoms with E-state index in [9.17, 15) is 32.4 Å². The highest BCUT2D eigenvalue weighted by atomic mass is 32.2. The van der Waals surface area contributed by atoms with E-state index in [2.05, 4.69) is 27.8 Å². The number of rotatable bonds is 15. The zero-order valence-corrected chi connectivity index (χ0v) is 31.3. The Labute approximate surface area is 287 Å². The van der Waals surface area contributed by atoms with Crippen LogP contribution in [0.1, 0.15) is 94.4 Å². The number of Topliss-reactive ketones (excluding diaryl/α,β-unsaturated/α-hetero) is 1. The Morgan fingerprint density at radius 3 is 2.10 bits per heavy atom. The van der Waals surface area contributed by atoms with Gasteiger partial charge < -0.3 is 26.2 Å². The quantitative estimate of drug-likeness (QED) is 0.150. The van der Waals surface area contributed by atoms with Crippen LogP contribution in [0.25, 0.3) is 0 Å². The van der Waals surface area contributed by atoms with Gasteiger partial charge in [-0.3, -0.25) is 19.2 Å². The van der Waals surface area contributed by atoms with Gasteiger partial charge in [0.2, 0.25) is 27.6 Å². The number of carbonyl (C=O) groups excluding carboxylic acids is 5. The van der Waals surface area contributed by atoms with Crippen LogP contribution in [0, 0.1) is 22.7 Å². The molecule has 0 aromatic rings. The summed E-state index contributed by atoms with van der Waals surface area (Å²) in [5, 5.41) is 11.1. The number of urea groups is 1. The van der Waals surface area contributed by atoms with Gasteiger partial charge in [-0.1, -0.05) is 81.2 Å². The van der Waals surface area contributed by atoms with Crippen LogP contribution in [0.5, 0.6) is 0 Å². The van der Waals surface area contributed by atoms with E-state index in [1.807, 2.05) is 62.3 Å². The van der Waals surface area contributed by atoms with E-state index < -0.39 is 74.6 Å². The largest absolute Gasteiger partial charge is 0.346 e. The number of likely N-dealkylation sites (tertiary alicyclic amines) is 1. The zero-order chi connectivity index (χ0) is 36.6. The third-order valence-corrected chi connectivity index (χ3v) is 11.2. The molecule has 0 bridgehead atoms. The lowest BCUT2D eigenvalue weighted by Gasteiger charge is -2.38. The van der Waals surface area contributed by atoms with Crippen molar-refractivity contribution in [1.82, 2.24) is 30.5 Å². The number of amides is 5. The molecule has 2 aliphatic rings. The predicted molar refractivity (Wildman–Crippen MR) is 186 cm³/mol. The third kappa shape index (κ3) is 11.0. The summed E-state index contributed by atoms with van der Waals surface area (Å²) in [6, 6.07) is -4.15. The molecule has 0 radical (unpaired) electrons. The fourth-order valence-electron chi connectivity index (χ4n) is 6.22. The van der Waals surface area contributed by atoms with E-state index in [4.69, 9.17) is 0 Å². The first-order chi connectivity index (χ1) is 22.1. The first kappa shape index (κ1) is 41.2. The molecule has 14 heteroatoms. The highest BCUT2D eigenvalue weighted by Crippen LogP contribution is 2.33. The van der Waals surface area contributed by atoms with Crippen LogP contribution in [-0.2, 0) is 29.2 Å². The molecule has 5 atom stereocenters. The molecular formula is C34H60N6O7S. The molecule has 0 spiro atoms. The van der Waals surface area contributed by atoms with Gasteiger partial charge in [0.05, 0.1) is 11.8 Å². The van der Waals surface area contributed by atoms with E-state index in [0.717, 1.165) is 6.42 Å². The molecule has 274 valence electrons. The van der Waals surface area contributed by atoms with Crippen molar-refractivity contribution in [2.75, 3.05) is 31.9 Å². The second-order valence-electron chi connectivity index (χ2n) is 15.6. The maximum atomic E-state index is 14.4. The SMILES string of the molecule is C=CCNC(=O)C(=O)C(CCCC)NC(=O)[C@@H]1[C@@H](C(C)C)CCN1C(=O)[C@@H](NC(=O)N[C@H](CN1CCCS1(=O)=O)C(C)(C)C)C(C)(C)C. The maximum Gasteiger partial charge on any atom is 0.315 e. The van der Waals surface area contributed by atoms with Gasteiger partial charge in [-0.15, -0.1) is 6.58 Å². The molecule has 2 heterocycles. The van der Waals surface area contributed by atoms with Gasteiger partial charge in [0, 0.05) is 32.2 Å². The number of ketones is 1. The Hall–Kier alpha value is -3.00. The van der Waals surface area contributed by atoms with Crippen LogP contribution in [0.15, 0.2) is 12.7 Å². The van der Waals surface area contributed by atoms with Crippen molar-refractivity contribution in [3.05, 3.63) is 12.7 Å². The van der Waals surface area contributed by atoms with Crippen molar-refractivity contribution >= 4 is 39.6 Å². The Balaban J connectivity index is 2.34. The van der Waals surface area contributed by atoms with Crippen LogP contribution < -0.4 is 21.3 Å². The summed E-state index contributed by atoms with van der Waals surface area (Å²) < 4.78 is 26.4. The second kappa shape index (κ2) is 17.1. The summed E-state index contributed by atoms with van der Waals surface area (Å²) >= 11 is 0. The molecule has 0 saturated carbocycles. The summed E-state index contributed by atoms with van der Waals surface area (Å²) in [6.45, 7) is 21.5. The predicted octanol–water partition coefficient (Wildman–Crippen LogP) is 2.57. The van der Waals surface area contributed by atoms with Crippen LogP contribution in [0.4, 0.5) is 4.79 Å². The minimum Gasteiger partial charge on any atom is -0.346 e. The molecule has 48 heavy (non-hydrogen) atoms. The summed E-state index contributed by atoms with van der Waals surface area (Å²) in [4.78, 5) is 69.0. The lowest BCUT2D eigenvalue weighted by Crippen LogP contribution is -2.62. The van der Waals surface area contributed by atoms with Gasteiger partial charge in [0.1, 0.15) is 12.1 Å². The van der Waals surface area contributed by atoms with E-state index in [1.165, 1.54) is 15.3 Å². The third-order valence-electron chi connectivity index (χ3n) is 9.29. The molecule has 0 aromatic heterocycles. The van der Waals surface area contributed by atoms with Crippen molar-refractivity contribution in [3.63, 3.8) is 0 Å². The highest BCUT2D eigenvalue weighted by Gasteiger charge is 2.48. The number of nitrogens with one attached hydrogen (secondary N) is 4. The molecule has 2 saturated heterocycles. The average molecular weight is 697 g/mol. The first-order valence-corrected chi connectivity index (χ1v) is 18.8. The van der Waals surface area contributed by atoms with E-state index in [-0.39, 0.29) is 43.6 Å². The van der Waals surface area contributed by atoms with Gasteiger partial charge in [-0.25, -0.2) is 13.2 Å². The number of hydrogen-bond donors (Lipinski definition) is 4. The first-order valence-electron chi connectivity index (χ1n) is 17.2. The minimum atomic E-state index is -3.39. The Morgan fingerprint density at radius 1 is 0.958 bits per heavy atom. The monoisotopic (exact) mass is 696 g/mol. The lowest BCUT2D eigenvalue weighted by atomic mass is 9.84. The molecule has 2 fully saturated rings. The van der Waals surface area contributed by atoms with Crippen LogP contribution >= 0.6 is 0 Å². The highest BCUT2D eigenvalue weighted by molar-refractivity contribution is 7.89. The molecule has 0 aromatic carbocycles. The number of sulfonamides is 1. The molecule has 2 rings (SSSR count). The van der Waals surface area contributed by atoms with Gasteiger partial charge in [-0.2, -0.15) is 4.31 Å². The molecule has 2 aliphatic heterocycles. The zero-order valence-electron chi connectivity index (χ0n) is 30.5. The van der Waals surface area contributed by atoms with Crippen molar-refractivity contribution < 1.29 is 32.4 Å². The normalized spacial score (nSPS) is 21.7. The van der Waals surface area contributed by atoms with E-state index in [1.54, 1.807) is 0 Å². The molecule has 5 amide bonds. The van der Waals surface area contributed by atoms with Crippen molar-refractivity contribution in [2.24, 2.45) is 22.7 Å². The topological polar surface area (TPSA) is 174 Å². The van der Waals surface area contributed by atoms with E-state index >= 15 is 0 Å². The molecule has 4 N–H and O–H groups in total. The molecule has 13 nitrogen and oxygen atoms in total. The van der Waals surface area contributed by atoms with Crippen LogP contribution in [0.3, 0.4) is 0 Å². The number of unbranched alkanes of at least 4 members (excludes halogenated alkanes) is 1. The molecular weight excluding hydrogens is 636 g/mol. The van der Waals surface area contributed by atoms with E-state index in [0.29, 0.717) is 25.8 Å². The van der Waals surface area contributed by atoms with Gasteiger partial charge in [-0.05, 0) is 41.9 Å². The Kier molecular flexibility index (Phi) is 14.7. The maximum absolute atomic E-state index is 14.4. The Bertz CT molecular complexity index is 1290. The summed E-state index contributed by atoms with van der Waals surface area (Å²) in [5.74, 6) is -2.62. The summed E-state index contributed by atoms with van der Waals surface area (Å²) in [5.41, 5.74) is -1.25.